The molecule has 0 aromatic carbocycles. The lowest BCUT2D eigenvalue weighted by Crippen LogP contribution is -2.15. The van der Waals surface area contributed by atoms with Crippen molar-refractivity contribution < 1.29 is 4.74 Å². The SMILES string of the molecule is COCCSC1CCC(N)C1. The minimum atomic E-state index is 0.468. The zero-order chi connectivity index (χ0) is 8.10. The Morgan fingerprint density at radius 1 is 1.55 bits per heavy atom. The number of nitrogens with two attached hydrogens (primary N) is 1. The summed E-state index contributed by atoms with van der Waals surface area (Å²) in [7, 11) is 1.75. The van der Waals surface area contributed by atoms with E-state index in [0.29, 0.717) is 6.04 Å². The predicted octanol–water partition coefficient (Wildman–Crippen LogP) is 1.25. The van der Waals surface area contributed by atoms with Crippen molar-refractivity contribution >= 4 is 11.8 Å². The molecule has 1 fully saturated rings. The highest BCUT2D eigenvalue weighted by molar-refractivity contribution is 7.99. The second-order valence-corrected chi connectivity index (χ2v) is 4.47. The first-order valence-corrected chi connectivity index (χ1v) is 5.24. The Kier molecular flexibility index (Phi) is 4.26. The van der Waals surface area contributed by atoms with Crippen LogP contribution in [0, 0.1) is 0 Å². The predicted molar refractivity (Wildman–Crippen MR) is 49.9 cm³/mol. The van der Waals surface area contributed by atoms with Gasteiger partial charge in [-0.05, 0) is 19.3 Å². The molecule has 2 atom stereocenters. The summed E-state index contributed by atoms with van der Waals surface area (Å²) >= 11 is 2.01. The molecule has 0 spiro atoms. The van der Waals surface area contributed by atoms with E-state index in [1.165, 1.54) is 19.3 Å². The smallest absolute Gasteiger partial charge is 0.0553 e. The van der Waals surface area contributed by atoms with Gasteiger partial charge < -0.3 is 10.5 Å². The van der Waals surface area contributed by atoms with Crippen molar-refractivity contribution in [2.45, 2.75) is 30.6 Å². The standard InChI is InChI=1S/C8H17NOS/c1-10-4-5-11-8-3-2-7(9)6-8/h7-8H,2-6,9H2,1H3. The normalized spacial score (nSPS) is 31.1. The molecule has 0 radical (unpaired) electrons. The van der Waals surface area contributed by atoms with Crippen LogP contribution in [0.1, 0.15) is 19.3 Å². The summed E-state index contributed by atoms with van der Waals surface area (Å²) in [5.41, 5.74) is 5.78. The Labute approximate surface area is 72.9 Å². The molecule has 0 heterocycles. The molecule has 2 nitrogen and oxygen atoms in total. The fraction of sp³-hybridized carbons (Fsp3) is 1.00. The first-order chi connectivity index (χ1) is 5.33. The van der Waals surface area contributed by atoms with Crippen LogP contribution in [-0.2, 0) is 4.74 Å². The van der Waals surface area contributed by atoms with E-state index in [1.54, 1.807) is 7.11 Å². The van der Waals surface area contributed by atoms with Gasteiger partial charge in [0.05, 0.1) is 6.61 Å². The lowest BCUT2D eigenvalue weighted by Gasteiger charge is -2.07. The summed E-state index contributed by atoms with van der Waals surface area (Å²) in [4.78, 5) is 0. The van der Waals surface area contributed by atoms with Gasteiger partial charge in [0.1, 0.15) is 0 Å². The van der Waals surface area contributed by atoms with E-state index >= 15 is 0 Å². The number of rotatable bonds is 4. The van der Waals surface area contributed by atoms with Crippen LogP contribution in [-0.4, -0.2) is 30.8 Å². The molecule has 2 unspecified atom stereocenters. The van der Waals surface area contributed by atoms with Gasteiger partial charge in [-0.25, -0.2) is 0 Å². The van der Waals surface area contributed by atoms with Gasteiger partial charge in [0.15, 0.2) is 0 Å². The van der Waals surface area contributed by atoms with Crippen molar-refractivity contribution in [3.63, 3.8) is 0 Å². The topological polar surface area (TPSA) is 35.2 Å². The van der Waals surface area contributed by atoms with Crippen LogP contribution in [0.25, 0.3) is 0 Å². The highest BCUT2D eigenvalue weighted by Crippen LogP contribution is 2.28. The average Bonchev–Trinajstić information content (AvgIpc) is 2.37. The maximum atomic E-state index is 5.78. The van der Waals surface area contributed by atoms with Crippen molar-refractivity contribution in [3.05, 3.63) is 0 Å². The largest absolute Gasteiger partial charge is 0.384 e. The van der Waals surface area contributed by atoms with Crippen molar-refractivity contribution in [2.24, 2.45) is 5.73 Å². The van der Waals surface area contributed by atoms with E-state index in [9.17, 15) is 0 Å². The molecular weight excluding hydrogens is 158 g/mol. The molecule has 0 aromatic rings. The number of methoxy groups -OCH3 is 1. The second-order valence-electron chi connectivity index (χ2n) is 3.06. The summed E-state index contributed by atoms with van der Waals surface area (Å²) in [6.45, 7) is 0.871. The van der Waals surface area contributed by atoms with Crippen LogP contribution in [0.4, 0.5) is 0 Å². The summed E-state index contributed by atoms with van der Waals surface area (Å²) in [5.74, 6) is 1.12. The van der Waals surface area contributed by atoms with Crippen molar-refractivity contribution in [2.75, 3.05) is 19.5 Å². The van der Waals surface area contributed by atoms with Gasteiger partial charge in [0.25, 0.3) is 0 Å². The second kappa shape index (κ2) is 5.01. The summed E-state index contributed by atoms with van der Waals surface area (Å²) in [6.07, 6.45) is 3.72. The van der Waals surface area contributed by atoms with Crippen LogP contribution < -0.4 is 5.73 Å². The molecule has 1 aliphatic rings. The zero-order valence-corrected chi connectivity index (χ0v) is 7.90. The van der Waals surface area contributed by atoms with Gasteiger partial charge in [0.2, 0.25) is 0 Å². The van der Waals surface area contributed by atoms with E-state index in [0.717, 1.165) is 17.6 Å². The van der Waals surface area contributed by atoms with Crippen LogP contribution in [0.3, 0.4) is 0 Å². The molecule has 0 aromatic heterocycles. The van der Waals surface area contributed by atoms with Gasteiger partial charge in [-0.15, -0.1) is 0 Å². The van der Waals surface area contributed by atoms with Gasteiger partial charge in [-0.2, -0.15) is 11.8 Å². The Morgan fingerprint density at radius 3 is 2.91 bits per heavy atom. The third-order valence-corrected chi connectivity index (χ3v) is 3.37. The lowest BCUT2D eigenvalue weighted by molar-refractivity contribution is 0.218. The molecule has 1 aliphatic carbocycles. The Morgan fingerprint density at radius 2 is 2.36 bits per heavy atom. The van der Waals surface area contributed by atoms with E-state index in [-0.39, 0.29) is 0 Å². The monoisotopic (exact) mass is 175 g/mol. The van der Waals surface area contributed by atoms with Crippen LogP contribution in [0.2, 0.25) is 0 Å². The number of hydrogen-bond donors (Lipinski definition) is 1. The van der Waals surface area contributed by atoms with Gasteiger partial charge in [0, 0.05) is 24.2 Å². The molecule has 0 aliphatic heterocycles. The minimum Gasteiger partial charge on any atom is -0.384 e. The van der Waals surface area contributed by atoms with Crippen molar-refractivity contribution in [1.29, 1.82) is 0 Å². The molecule has 0 bridgehead atoms. The van der Waals surface area contributed by atoms with E-state index < -0.39 is 0 Å². The Balaban J connectivity index is 1.99. The molecule has 0 amide bonds. The molecule has 0 saturated heterocycles. The fourth-order valence-electron chi connectivity index (χ4n) is 1.42. The van der Waals surface area contributed by atoms with Crippen molar-refractivity contribution in [3.8, 4) is 0 Å². The molecule has 11 heavy (non-hydrogen) atoms. The summed E-state index contributed by atoms with van der Waals surface area (Å²) in [6, 6.07) is 0.468. The molecule has 3 heteroatoms. The van der Waals surface area contributed by atoms with Gasteiger partial charge in [-0.1, -0.05) is 0 Å². The maximum absolute atomic E-state index is 5.78. The molecule has 1 saturated carbocycles. The molecule has 2 N–H and O–H groups in total. The van der Waals surface area contributed by atoms with E-state index in [1.807, 2.05) is 11.8 Å². The van der Waals surface area contributed by atoms with Gasteiger partial charge in [-0.3, -0.25) is 0 Å². The van der Waals surface area contributed by atoms with Crippen LogP contribution in [0.15, 0.2) is 0 Å². The lowest BCUT2D eigenvalue weighted by atomic mass is 10.3. The molecule has 1 rings (SSSR count). The average molecular weight is 175 g/mol. The minimum absolute atomic E-state index is 0.468. The highest BCUT2D eigenvalue weighted by Gasteiger charge is 2.21. The fourth-order valence-corrected chi connectivity index (χ4v) is 2.71. The number of thioether (sulfide) groups is 1. The Bertz CT molecular complexity index is 110. The van der Waals surface area contributed by atoms with E-state index in [2.05, 4.69) is 0 Å². The maximum Gasteiger partial charge on any atom is 0.0553 e. The Hall–Kier alpha value is 0.270. The van der Waals surface area contributed by atoms with E-state index in [4.69, 9.17) is 10.5 Å². The first-order valence-electron chi connectivity index (χ1n) is 4.19. The number of hydrogen-bond acceptors (Lipinski definition) is 3. The summed E-state index contributed by atoms with van der Waals surface area (Å²) in [5, 5.41) is 0.806. The van der Waals surface area contributed by atoms with Crippen LogP contribution >= 0.6 is 11.8 Å². The third kappa shape index (κ3) is 3.45. The first kappa shape index (κ1) is 9.36. The highest BCUT2D eigenvalue weighted by atomic mass is 32.2. The molecular formula is C8H17NOS. The molecule has 66 valence electrons. The van der Waals surface area contributed by atoms with Gasteiger partial charge >= 0.3 is 0 Å². The van der Waals surface area contributed by atoms with Crippen LogP contribution in [0.5, 0.6) is 0 Å². The summed E-state index contributed by atoms with van der Waals surface area (Å²) < 4.78 is 4.98. The zero-order valence-electron chi connectivity index (χ0n) is 7.08. The van der Waals surface area contributed by atoms with Crippen molar-refractivity contribution in [1.82, 2.24) is 0 Å². The number of ether oxygens (including phenoxy) is 1. The third-order valence-electron chi connectivity index (χ3n) is 2.07. The quantitative estimate of drug-likeness (QED) is 0.653.